The van der Waals surface area contributed by atoms with Gasteiger partial charge >= 0.3 is 0 Å². The summed E-state index contributed by atoms with van der Waals surface area (Å²) in [5.74, 6) is 1.27. The highest BCUT2D eigenvalue weighted by Crippen LogP contribution is 1.99. The van der Waals surface area contributed by atoms with Gasteiger partial charge in [0.15, 0.2) is 0 Å². The molecular weight excluding hydrogens is 120 g/mol. The van der Waals surface area contributed by atoms with Crippen LogP contribution in [0.4, 0.5) is 0 Å². The van der Waals surface area contributed by atoms with Crippen LogP contribution in [0.5, 0.6) is 0 Å². The zero-order valence-electron chi connectivity index (χ0n) is 5.52. The van der Waals surface area contributed by atoms with Gasteiger partial charge in [0.05, 0.1) is 0 Å². The fourth-order valence-corrected chi connectivity index (χ4v) is 0.523. The van der Waals surface area contributed by atoms with Gasteiger partial charge in [-0.25, -0.2) is 0 Å². The Balaban J connectivity index is 3.21. The van der Waals surface area contributed by atoms with Gasteiger partial charge in [-0.3, -0.25) is 0 Å². The van der Waals surface area contributed by atoms with Gasteiger partial charge < -0.3 is 0 Å². The lowest BCUT2D eigenvalue weighted by molar-refractivity contribution is 0.835. The smallest absolute Gasteiger partial charge is 0.0283 e. The number of rotatable bonds is 3. The summed E-state index contributed by atoms with van der Waals surface area (Å²) in [5, 5.41) is 0. The molecule has 0 fully saturated rings. The van der Waals surface area contributed by atoms with Crippen molar-refractivity contribution in [3.8, 4) is 0 Å². The zero-order valence-corrected chi connectivity index (χ0v) is 6.28. The van der Waals surface area contributed by atoms with Crippen molar-refractivity contribution in [3.05, 3.63) is 12.2 Å². The van der Waals surface area contributed by atoms with Crippen LogP contribution in [0.25, 0.3) is 0 Å². The molecule has 0 amide bonds. The van der Waals surface area contributed by atoms with Gasteiger partial charge in [-0.2, -0.15) is 0 Å². The largest absolute Gasteiger partial charge is 0.126 e. The molecule has 0 rings (SSSR count). The SMILES string of the molecule is CC/C=C\C(C)CCl. The van der Waals surface area contributed by atoms with Gasteiger partial charge in [0.25, 0.3) is 0 Å². The van der Waals surface area contributed by atoms with Crippen molar-refractivity contribution >= 4 is 11.6 Å². The van der Waals surface area contributed by atoms with Crippen LogP contribution in [0.2, 0.25) is 0 Å². The Morgan fingerprint density at radius 3 is 2.62 bits per heavy atom. The highest BCUT2D eigenvalue weighted by atomic mass is 35.5. The first kappa shape index (κ1) is 8.03. The molecular formula is C7H13Cl. The summed E-state index contributed by atoms with van der Waals surface area (Å²) < 4.78 is 0. The molecule has 0 aromatic carbocycles. The fourth-order valence-electron chi connectivity index (χ4n) is 0.420. The van der Waals surface area contributed by atoms with Crippen LogP contribution in [-0.2, 0) is 0 Å². The predicted octanol–water partition coefficient (Wildman–Crippen LogP) is 2.83. The molecule has 1 unspecified atom stereocenters. The number of hydrogen-bond donors (Lipinski definition) is 0. The second-order valence-corrected chi connectivity index (χ2v) is 2.28. The van der Waals surface area contributed by atoms with Crippen LogP contribution >= 0.6 is 11.6 Å². The third-order valence-electron chi connectivity index (χ3n) is 0.944. The maximum atomic E-state index is 5.54. The second kappa shape index (κ2) is 5.17. The summed E-state index contributed by atoms with van der Waals surface area (Å²) in [4.78, 5) is 0. The third-order valence-corrected chi connectivity index (χ3v) is 1.43. The molecule has 0 saturated heterocycles. The van der Waals surface area contributed by atoms with Gasteiger partial charge in [0.2, 0.25) is 0 Å². The average molecular weight is 133 g/mol. The molecule has 0 spiro atoms. The lowest BCUT2D eigenvalue weighted by atomic mass is 10.2. The standard InChI is InChI=1S/C7H13Cl/c1-3-4-5-7(2)6-8/h4-5,7H,3,6H2,1-2H3/b5-4-. The van der Waals surface area contributed by atoms with Crippen LogP contribution in [0, 0.1) is 5.92 Å². The van der Waals surface area contributed by atoms with Crippen molar-refractivity contribution in [2.45, 2.75) is 20.3 Å². The van der Waals surface area contributed by atoms with Crippen molar-refractivity contribution in [2.75, 3.05) is 5.88 Å². The van der Waals surface area contributed by atoms with Gasteiger partial charge in [0, 0.05) is 5.88 Å². The van der Waals surface area contributed by atoms with Crippen molar-refractivity contribution in [3.63, 3.8) is 0 Å². The van der Waals surface area contributed by atoms with Gasteiger partial charge in [-0.15, -0.1) is 11.6 Å². The third kappa shape index (κ3) is 4.20. The molecule has 8 heavy (non-hydrogen) atoms. The highest BCUT2D eigenvalue weighted by molar-refractivity contribution is 6.18. The molecule has 0 radical (unpaired) electrons. The van der Waals surface area contributed by atoms with E-state index in [1.54, 1.807) is 0 Å². The molecule has 0 aliphatic heterocycles. The lowest BCUT2D eigenvalue weighted by Gasteiger charge is -1.95. The Kier molecular flexibility index (Phi) is 5.19. The number of allylic oxidation sites excluding steroid dienone is 2. The van der Waals surface area contributed by atoms with E-state index in [2.05, 4.69) is 26.0 Å². The molecule has 48 valence electrons. The van der Waals surface area contributed by atoms with E-state index in [1.807, 2.05) is 0 Å². The number of halogens is 1. The molecule has 0 aromatic heterocycles. The van der Waals surface area contributed by atoms with Gasteiger partial charge in [0.1, 0.15) is 0 Å². The molecule has 0 nitrogen and oxygen atoms in total. The summed E-state index contributed by atoms with van der Waals surface area (Å²) in [5.41, 5.74) is 0. The molecule has 0 bridgehead atoms. The van der Waals surface area contributed by atoms with E-state index >= 15 is 0 Å². The van der Waals surface area contributed by atoms with Crippen LogP contribution in [-0.4, -0.2) is 5.88 Å². The zero-order chi connectivity index (χ0) is 6.41. The molecule has 0 aliphatic rings. The van der Waals surface area contributed by atoms with E-state index in [-0.39, 0.29) is 0 Å². The van der Waals surface area contributed by atoms with Crippen LogP contribution in [0.15, 0.2) is 12.2 Å². The van der Waals surface area contributed by atoms with E-state index in [0.29, 0.717) is 5.92 Å². The number of alkyl halides is 1. The quantitative estimate of drug-likeness (QED) is 0.409. The summed E-state index contributed by atoms with van der Waals surface area (Å²) in [6.45, 7) is 4.23. The van der Waals surface area contributed by atoms with Crippen molar-refractivity contribution < 1.29 is 0 Å². The second-order valence-electron chi connectivity index (χ2n) is 1.97. The molecule has 0 N–H and O–H groups in total. The van der Waals surface area contributed by atoms with E-state index in [1.165, 1.54) is 0 Å². The Labute approximate surface area is 56.5 Å². The minimum atomic E-state index is 0.539. The molecule has 0 saturated carbocycles. The molecule has 0 heterocycles. The number of hydrogen-bond acceptors (Lipinski definition) is 0. The monoisotopic (exact) mass is 132 g/mol. The summed E-state index contributed by atoms with van der Waals surface area (Å²) in [7, 11) is 0. The lowest BCUT2D eigenvalue weighted by Crippen LogP contribution is -1.87. The van der Waals surface area contributed by atoms with Crippen LogP contribution < -0.4 is 0 Å². The highest BCUT2D eigenvalue weighted by Gasteiger charge is 1.88. The Hall–Kier alpha value is 0.0300. The van der Waals surface area contributed by atoms with Gasteiger partial charge in [-0.1, -0.05) is 26.0 Å². The Bertz CT molecular complexity index is 66.8. The van der Waals surface area contributed by atoms with E-state index in [9.17, 15) is 0 Å². The molecule has 0 aliphatic carbocycles. The first-order valence-electron chi connectivity index (χ1n) is 3.03. The predicted molar refractivity (Wildman–Crippen MR) is 39.3 cm³/mol. The van der Waals surface area contributed by atoms with Crippen LogP contribution in [0.1, 0.15) is 20.3 Å². The Morgan fingerprint density at radius 2 is 2.25 bits per heavy atom. The fraction of sp³-hybridized carbons (Fsp3) is 0.714. The molecule has 0 aromatic rings. The molecule has 1 heteroatoms. The normalized spacial score (nSPS) is 14.9. The maximum Gasteiger partial charge on any atom is 0.0283 e. The summed E-state index contributed by atoms with van der Waals surface area (Å²) in [6, 6.07) is 0. The summed E-state index contributed by atoms with van der Waals surface area (Å²) >= 11 is 5.54. The van der Waals surface area contributed by atoms with Crippen molar-refractivity contribution in [1.82, 2.24) is 0 Å². The van der Waals surface area contributed by atoms with E-state index in [4.69, 9.17) is 11.6 Å². The van der Waals surface area contributed by atoms with Crippen molar-refractivity contribution in [1.29, 1.82) is 0 Å². The Morgan fingerprint density at radius 1 is 1.62 bits per heavy atom. The van der Waals surface area contributed by atoms with Crippen LogP contribution in [0.3, 0.4) is 0 Å². The summed E-state index contributed by atoms with van der Waals surface area (Å²) in [6.07, 6.45) is 5.40. The minimum Gasteiger partial charge on any atom is -0.126 e. The van der Waals surface area contributed by atoms with Crippen molar-refractivity contribution in [2.24, 2.45) is 5.92 Å². The average Bonchev–Trinajstić information content (AvgIpc) is 1.83. The topological polar surface area (TPSA) is 0 Å². The maximum absolute atomic E-state index is 5.54. The first-order chi connectivity index (χ1) is 3.81. The first-order valence-corrected chi connectivity index (χ1v) is 3.57. The molecule has 1 atom stereocenters. The van der Waals surface area contributed by atoms with Gasteiger partial charge in [-0.05, 0) is 12.3 Å². The van der Waals surface area contributed by atoms with E-state index < -0.39 is 0 Å². The minimum absolute atomic E-state index is 0.539. The van der Waals surface area contributed by atoms with E-state index in [0.717, 1.165) is 12.3 Å².